The summed E-state index contributed by atoms with van der Waals surface area (Å²) in [5.41, 5.74) is 1.00. The highest BCUT2D eigenvalue weighted by Crippen LogP contribution is 2.29. The van der Waals surface area contributed by atoms with Crippen LogP contribution in [0.25, 0.3) is 10.9 Å². The van der Waals surface area contributed by atoms with Gasteiger partial charge in [0.1, 0.15) is 11.5 Å². The van der Waals surface area contributed by atoms with E-state index in [4.69, 9.17) is 9.47 Å². The third-order valence-corrected chi connectivity index (χ3v) is 2.05. The Hall–Kier alpha value is -1.64. The Morgan fingerprint density at radius 1 is 1.15 bits per heavy atom. The summed E-state index contributed by atoms with van der Waals surface area (Å²) in [6, 6.07) is 5.81. The molecule has 1 aromatic heterocycles. The van der Waals surface area contributed by atoms with Crippen molar-refractivity contribution >= 4 is 10.9 Å². The van der Waals surface area contributed by atoms with Crippen molar-refractivity contribution < 1.29 is 9.47 Å². The second kappa shape index (κ2) is 3.01. The summed E-state index contributed by atoms with van der Waals surface area (Å²) in [4.78, 5) is 3.11. The van der Waals surface area contributed by atoms with Crippen LogP contribution < -0.4 is 9.47 Å². The molecular formula is C10H11NO2. The van der Waals surface area contributed by atoms with Crippen molar-refractivity contribution in [2.45, 2.75) is 0 Å². The number of rotatable bonds is 2. The lowest BCUT2D eigenvalue weighted by molar-refractivity contribution is 0.397. The highest BCUT2D eigenvalue weighted by atomic mass is 16.5. The van der Waals surface area contributed by atoms with Gasteiger partial charge in [-0.1, -0.05) is 0 Å². The van der Waals surface area contributed by atoms with Gasteiger partial charge in [-0.05, 0) is 12.1 Å². The first kappa shape index (κ1) is 7.98. The fourth-order valence-corrected chi connectivity index (χ4v) is 1.39. The molecule has 0 aliphatic carbocycles. The van der Waals surface area contributed by atoms with E-state index in [1.165, 1.54) is 0 Å². The predicted molar refractivity (Wildman–Crippen MR) is 51.4 cm³/mol. The van der Waals surface area contributed by atoms with Gasteiger partial charge in [0, 0.05) is 17.6 Å². The molecule has 0 fully saturated rings. The Balaban J connectivity index is 2.70. The number of methoxy groups -OCH3 is 2. The summed E-state index contributed by atoms with van der Waals surface area (Å²) >= 11 is 0. The normalized spacial score (nSPS) is 10.3. The lowest BCUT2D eigenvalue weighted by atomic mass is 10.2. The molecule has 1 heterocycles. The van der Waals surface area contributed by atoms with Crippen LogP contribution in [0.5, 0.6) is 11.5 Å². The van der Waals surface area contributed by atoms with E-state index in [-0.39, 0.29) is 0 Å². The summed E-state index contributed by atoms with van der Waals surface area (Å²) in [5, 5.41) is 1.09. The molecule has 0 aliphatic rings. The van der Waals surface area contributed by atoms with Gasteiger partial charge in [0.2, 0.25) is 0 Å². The smallest absolute Gasteiger partial charge is 0.146 e. The molecule has 13 heavy (non-hydrogen) atoms. The molecule has 0 aliphatic heterocycles. The van der Waals surface area contributed by atoms with Gasteiger partial charge in [-0.15, -0.1) is 0 Å². The van der Waals surface area contributed by atoms with Crippen molar-refractivity contribution in [2.24, 2.45) is 0 Å². The number of H-pyrrole nitrogens is 1. The quantitative estimate of drug-likeness (QED) is 0.762. The van der Waals surface area contributed by atoms with Gasteiger partial charge in [0.05, 0.1) is 19.7 Å². The van der Waals surface area contributed by atoms with E-state index >= 15 is 0 Å². The van der Waals surface area contributed by atoms with Crippen LogP contribution >= 0.6 is 0 Å². The number of hydrogen-bond donors (Lipinski definition) is 1. The largest absolute Gasteiger partial charge is 0.497 e. The summed E-state index contributed by atoms with van der Waals surface area (Å²) < 4.78 is 10.4. The zero-order valence-corrected chi connectivity index (χ0v) is 7.63. The van der Waals surface area contributed by atoms with E-state index in [0.717, 1.165) is 22.4 Å². The maximum absolute atomic E-state index is 5.22. The minimum Gasteiger partial charge on any atom is -0.497 e. The number of aromatic amines is 1. The Morgan fingerprint density at radius 2 is 2.00 bits per heavy atom. The van der Waals surface area contributed by atoms with E-state index in [2.05, 4.69) is 4.98 Å². The molecule has 0 unspecified atom stereocenters. The minimum atomic E-state index is 0.805. The second-order valence-corrected chi connectivity index (χ2v) is 2.77. The van der Waals surface area contributed by atoms with Crippen molar-refractivity contribution in [1.82, 2.24) is 4.98 Å². The van der Waals surface area contributed by atoms with E-state index in [1.54, 1.807) is 14.2 Å². The Morgan fingerprint density at radius 3 is 2.69 bits per heavy atom. The Bertz CT molecular complexity index is 420. The maximum Gasteiger partial charge on any atom is 0.146 e. The van der Waals surface area contributed by atoms with Gasteiger partial charge in [-0.2, -0.15) is 0 Å². The molecule has 68 valence electrons. The van der Waals surface area contributed by atoms with Gasteiger partial charge in [-0.25, -0.2) is 0 Å². The first-order valence-corrected chi connectivity index (χ1v) is 4.04. The molecule has 0 saturated carbocycles. The molecule has 1 N–H and O–H groups in total. The first-order valence-electron chi connectivity index (χ1n) is 4.04. The number of hydrogen-bond acceptors (Lipinski definition) is 2. The molecule has 0 spiro atoms. The summed E-state index contributed by atoms with van der Waals surface area (Å²) in [7, 11) is 3.29. The van der Waals surface area contributed by atoms with E-state index in [9.17, 15) is 0 Å². The monoisotopic (exact) mass is 177 g/mol. The molecule has 0 saturated heterocycles. The minimum absolute atomic E-state index is 0.805. The predicted octanol–water partition coefficient (Wildman–Crippen LogP) is 2.19. The topological polar surface area (TPSA) is 34.2 Å². The van der Waals surface area contributed by atoms with Crippen molar-refractivity contribution in [2.75, 3.05) is 14.2 Å². The zero-order chi connectivity index (χ0) is 9.26. The van der Waals surface area contributed by atoms with Crippen LogP contribution in [0.3, 0.4) is 0 Å². The number of fused-ring (bicyclic) bond motifs is 1. The van der Waals surface area contributed by atoms with Crippen molar-refractivity contribution in [1.29, 1.82) is 0 Å². The second-order valence-electron chi connectivity index (χ2n) is 2.77. The lowest BCUT2D eigenvalue weighted by Gasteiger charge is -2.04. The van der Waals surface area contributed by atoms with Crippen LogP contribution in [0, 0.1) is 0 Å². The Labute approximate surface area is 76.3 Å². The molecule has 0 atom stereocenters. The van der Waals surface area contributed by atoms with Gasteiger partial charge in [-0.3, -0.25) is 0 Å². The molecule has 1 aromatic carbocycles. The van der Waals surface area contributed by atoms with Crippen molar-refractivity contribution in [3.8, 4) is 11.5 Å². The van der Waals surface area contributed by atoms with E-state index in [1.807, 2.05) is 24.4 Å². The van der Waals surface area contributed by atoms with E-state index < -0.39 is 0 Å². The maximum atomic E-state index is 5.22. The number of benzene rings is 1. The molecule has 0 amide bonds. The SMILES string of the molecule is COc1cc(OC)c2[nH]ccc2c1. The van der Waals surface area contributed by atoms with Crippen LogP contribution in [0.1, 0.15) is 0 Å². The average molecular weight is 177 g/mol. The van der Waals surface area contributed by atoms with Crippen molar-refractivity contribution in [3.05, 3.63) is 24.4 Å². The van der Waals surface area contributed by atoms with E-state index in [0.29, 0.717) is 0 Å². The molecule has 0 bridgehead atoms. The lowest BCUT2D eigenvalue weighted by Crippen LogP contribution is -1.87. The number of aromatic nitrogens is 1. The van der Waals surface area contributed by atoms with Crippen LogP contribution in [0.15, 0.2) is 24.4 Å². The highest BCUT2D eigenvalue weighted by molar-refractivity contribution is 5.86. The van der Waals surface area contributed by atoms with Crippen molar-refractivity contribution in [3.63, 3.8) is 0 Å². The Kier molecular flexibility index (Phi) is 1.85. The molecule has 2 aromatic rings. The standard InChI is InChI=1S/C10H11NO2/c1-12-8-5-7-3-4-11-10(7)9(6-8)13-2/h3-6,11H,1-2H3. The molecule has 2 rings (SSSR count). The highest BCUT2D eigenvalue weighted by Gasteiger charge is 2.04. The fourth-order valence-electron chi connectivity index (χ4n) is 1.39. The van der Waals surface area contributed by atoms with Crippen LogP contribution in [-0.2, 0) is 0 Å². The first-order chi connectivity index (χ1) is 6.35. The summed E-state index contributed by atoms with van der Waals surface area (Å²) in [6.45, 7) is 0. The molecule has 3 heteroatoms. The third kappa shape index (κ3) is 1.22. The van der Waals surface area contributed by atoms with Gasteiger partial charge < -0.3 is 14.5 Å². The number of ether oxygens (including phenoxy) is 2. The summed E-state index contributed by atoms with van der Waals surface area (Å²) in [6.07, 6.45) is 1.88. The number of nitrogens with one attached hydrogen (secondary N) is 1. The third-order valence-electron chi connectivity index (χ3n) is 2.05. The molecule has 0 radical (unpaired) electrons. The van der Waals surface area contributed by atoms with Crippen LogP contribution in [0.2, 0.25) is 0 Å². The van der Waals surface area contributed by atoms with Crippen LogP contribution in [0.4, 0.5) is 0 Å². The van der Waals surface area contributed by atoms with Gasteiger partial charge >= 0.3 is 0 Å². The van der Waals surface area contributed by atoms with Gasteiger partial charge in [0.15, 0.2) is 0 Å². The fraction of sp³-hybridized carbons (Fsp3) is 0.200. The van der Waals surface area contributed by atoms with Crippen LogP contribution in [-0.4, -0.2) is 19.2 Å². The van der Waals surface area contributed by atoms with Gasteiger partial charge in [0.25, 0.3) is 0 Å². The molecule has 3 nitrogen and oxygen atoms in total. The zero-order valence-electron chi connectivity index (χ0n) is 7.63. The molecular weight excluding hydrogens is 166 g/mol. The average Bonchev–Trinajstić information content (AvgIpc) is 2.63. The summed E-state index contributed by atoms with van der Waals surface area (Å²) in [5.74, 6) is 1.61.